The number of rotatable bonds is 6. The minimum absolute atomic E-state index is 0.00269. The highest BCUT2D eigenvalue weighted by atomic mass is 35.5. The van der Waals surface area contributed by atoms with E-state index in [1.54, 1.807) is 17.0 Å². The predicted molar refractivity (Wildman–Crippen MR) is 115 cm³/mol. The number of hydrogen-bond acceptors (Lipinski definition) is 7. The minimum Gasteiger partial charge on any atom is -0.481 e. The quantitative estimate of drug-likeness (QED) is 0.671. The maximum absolute atomic E-state index is 12.9. The lowest BCUT2D eigenvalue weighted by molar-refractivity contribution is -0.142. The number of nitrogens with one attached hydrogen (secondary N) is 2. The number of carbonyl (C=O) groups excluding carboxylic acids is 2. The van der Waals surface area contributed by atoms with Gasteiger partial charge in [-0.05, 0) is 25.3 Å². The molecule has 4 heterocycles. The zero-order valence-corrected chi connectivity index (χ0v) is 18.6. The number of amides is 2. The molecule has 2 N–H and O–H groups in total. The van der Waals surface area contributed by atoms with Crippen LogP contribution in [-0.2, 0) is 14.3 Å². The summed E-state index contributed by atoms with van der Waals surface area (Å²) in [4.78, 5) is 31.2. The number of methoxy groups -OCH3 is 1. The van der Waals surface area contributed by atoms with Crippen LogP contribution >= 0.6 is 11.6 Å². The average Bonchev–Trinajstić information content (AvgIpc) is 3.33. The first-order valence-electron chi connectivity index (χ1n) is 10.6. The summed E-state index contributed by atoms with van der Waals surface area (Å²) in [5.41, 5.74) is 1.55. The van der Waals surface area contributed by atoms with Crippen molar-refractivity contribution in [3.63, 3.8) is 0 Å². The van der Waals surface area contributed by atoms with Crippen molar-refractivity contribution in [1.29, 1.82) is 0 Å². The molecule has 10 nitrogen and oxygen atoms in total. The van der Waals surface area contributed by atoms with Crippen molar-refractivity contribution in [3.05, 3.63) is 29.0 Å². The molecule has 1 atom stereocenters. The van der Waals surface area contributed by atoms with E-state index in [-0.39, 0.29) is 30.6 Å². The molecule has 2 saturated heterocycles. The van der Waals surface area contributed by atoms with Crippen molar-refractivity contribution in [2.24, 2.45) is 5.92 Å². The molecule has 0 bridgehead atoms. The summed E-state index contributed by atoms with van der Waals surface area (Å²) in [7, 11) is 1.52. The molecule has 0 aromatic carbocycles. The van der Waals surface area contributed by atoms with Crippen LogP contribution in [-0.4, -0.2) is 78.1 Å². The fraction of sp³-hybridized carbons (Fsp3) is 0.524. The Morgan fingerprint density at radius 1 is 1.31 bits per heavy atom. The first-order chi connectivity index (χ1) is 15.5. The van der Waals surface area contributed by atoms with Crippen molar-refractivity contribution in [1.82, 2.24) is 25.4 Å². The molecule has 2 aromatic rings. The van der Waals surface area contributed by atoms with E-state index in [9.17, 15) is 9.59 Å². The van der Waals surface area contributed by atoms with Gasteiger partial charge in [-0.1, -0.05) is 11.6 Å². The number of H-pyrrole nitrogens is 1. The lowest BCUT2D eigenvalue weighted by atomic mass is 9.95. The topological polar surface area (TPSA) is 119 Å². The second-order valence-electron chi connectivity index (χ2n) is 7.79. The Kier molecular flexibility index (Phi) is 7.23. The minimum atomic E-state index is -0.181. The van der Waals surface area contributed by atoms with Gasteiger partial charge in [-0.3, -0.25) is 14.7 Å². The lowest BCUT2D eigenvalue weighted by Crippen LogP contribution is -2.45. The molecule has 0 saturated carbocycles. The Hall–Kier alpha value is -2.69. The van der Waals surface area contributed by atoms with Gasteiger partial charge in [0.05, 0.1) is 36.7 Å². The highest BCUT2D eigenvalue weighted by molar-refractivity contribution is 6.33. The van der Waals surface area contributed by atoms with Crippen LogP contribution < -0.4 is 10.1 Å². The van der Waals surface area contributed by atoms with Gasteiger partial charge >= 0.3 is 0 Å². The van der Waals surface area contributed by atoms with Crippen LogP contribution in [0.5, 0.6) is 5.88 Å². The molecule has 32 heavy (non-hydrogen) atoms. The highest BCUT2D eigenvalue weighted by Gasteiger charge is 2.29. The molecule has 11 heteroatoms. The van der Waals surface area contributed by atoms with Crippen molar-refractivity contribution in [2.75, 3.05) is 40.1 Å². The monoisotopic (exact) mass is 463 g/mol. The van der Waals surface area contributed by atoms with Gasteiger partial charge < -0.3 is 24.4 Å². The van der Waals surface area contributed by atoms with E-state index in [2.05, 4.69) is 20.5 Å². The molecule has 2 aliphatic heterocycles. The Balaban J connectivity index is 1.30. The molecule has 0 radical (unpaired) electrons. The smallest absolute Gasteiger partial charge is 0.274 e. The molecular formula is C21H26ClN5O5. The molecule has 0 spiro atoms. The number of aromatic nitrogens is 3. The van der Waals surface area contributed by atoms with Crippen LogP contribution in [0.2, 0.25) is 5.02 Å². The van der Waals surface area contributed by atoms with Crippen molar-refractivity contribution >= 4 is 23.4 Å². The standard InChI is InChI=1S/C21H26ClN5O5/c1-30-19-8-15(16(22)11-23-19)17-9-18(26-25-17)21(29)27-5-2-13(3-6-27)20(28)24-10-14-4-7-31-12-32-14/h8-9,11,13-14H,2-7,10,12H2,1H3,(H,24,28)(H,25,26). The average molecular weight is 464 g/mol. The molecule has 2 amide bonds. The summed E-state index contributed by atoms with van der Waals surface area (Å²) in [6.07, 6.45) is 3.48. The maximum Gasteiger partial charge on any atom is 0.274 e. The molecule has 1 unspecified atom stereocenters. The fourth-order valence-electron chi connectivity index (χ4n) is 3.83. The van der Waals surface area contributed by atoms with E-state index in [1.165, 1.54) is 13.3 Å². The third-order valence-electron chi connectivity index (χ3n) is 5.75. The Morgan fingerprint density at radius 3 is 2.84 bits per heavy atom. The normalized spacial score (nSPS) is 19.6. The van der Waals surface area contributed by atoms with Crippen LogP contribution in [0.1, 0.15) is 29.8 Å². The highest BCUT2D eigenvalue weighted by Crippen LogP contribution is 2.29. The number of pyridine rings is 1. The van der Waals surface area contributed by atoms with Gasteiger partial charge in [0.1, 0.15) is 6.79 Å². The number of ether oxygens (including phenoxy) is 3. The molecule has 4 rings (SSSR count). The van der Waals surface area contributed by atoms with Crippen LogP contribution in [0, 0.1) is 5.92 Å². The van der Waals surface area contributed by atoms with Crippen molar-refractivity contribution in [2.45, 2.75) is 25.4 Å². The van der Waals surface area contributed by atoms with Crippen LogP contribution in [0.3, 0.4) is 0 Å². The van der Waals surface area contributed by atoms with E-state index in [4.69, 9.17) is 25.8 Å². The van der Waals surface area contributed by atoms with Gasteiger partial charge in [0.25, 0.3) is 5.91 Å². The molecule has 172 valence electrons. The van der Waals surface area contributed by atoms with Crippen LogP contribution in [0.4, 0.5) is 0 Å². The van der Waals surface area contributed by atoms with E-state index < -0.39 is 0 Å². The number of likely N-dealkylation sites (tertiary alicyclic amines) is 1. The summed E-state index contributed by atoms with van der Waals surface area (Å²) in [5.74, 6) is 0.127. The third kappa shape index (κ3) is 5.20. The first-order valence-corrected chi connectivity index (χ1v) is 10.9. The van der Waals surface area contributed by atoms with E-state index in [1.807, 2.05) is 0 Å². The summed E-state index contributed by atoms with van der Waals surface area (Å²) in [6, 6.07) is 3.34. The Morgan fingerprint density at radius 2 is 2.12 bits per heavy atom. The van der Waals surface area contributed by atoms with Gasteiger partial charge in [0, 0.05) is 37.2 Å². The number of carbonyl (C=O) groups is 2. The van der Waals surface area contributed by atoms with Gasteiger partial charge in [0.2, 0.25) is 11.8 Å². The maximum atomic E-state index is 12.9. The summed E-state index contributed by atoms with van der Waals surface area (Å²) in [6.45, 7) is 2.40. The van der Waals surface area contributed by atoms with Crippen LogP contribution in [0.25, 0.3) is 11.3 Å². The number of hydrogen-bond donors (Lipinski definition) is 2. The SMILES string of the molecule is COc1cc(-c2cc(C(=O)N3CCC(C(=O)NCC4CCOCO4)CC3)n[nH]2)c(Cl)cn1. The molecule has 2 fully saturated rings. The van der Waals surface area contributed by atoms with Crippen molar-refractivity contribution in [3.8, 4) is 17.1 Å². The zero-order chi connectivity index (χ0) is 22.5. The van der Waals surface area contributed by atoms with Gasteiger partial charge in [-0.2, -0.15) is 5.10 Å². The molecule has 0 aliphatic carbocycles. The summed E-state index contributed by atoms with van der Waals surface area (Å²) < 4.78 is 15.7. The second kappa shape index (κ2) is 10.3. The summed E-state index contributed by atoms with van der Waals surface area (Å²) >= 11 is 6.23. The molecule has 2 aromatic heterocycles. The first kappa shape index (κ1) is 22.5. The Labute approximate surface area is 190 Å². The number of halogens is 1. The van der Waals surface area contributed by atoms with E-state index in [0.717, 1.165) is 6.42 Å². The fourth-order valence-corrected chi connectivity index (χ4v) is 4.04. The largest absolute Gasteiger partial charge is 0.481 e. The molecular weight excluding hydrogens is 438 g/mol. The molecule has 2 aliphatic rings. The Bertz CT molecular complexity index is 954. The second-order valence-corrected chi connectivity index (χ2v) is 8.20. The van der Waals surface area contributed by atoms with Gasteiger partial charge in [-0.15, -0.1) is 0 Å². The van der Waals surface area contributed by atoms with Gasteiger partial charge in [-0.25, -0.2) is 4.98 Å². The summed E-state index contributed by atoms with van der Waals surface area (Å²) in [5, 5.41) is 10.4. The van der Waals surface area contributed by atoms with E-state index in [0.29, 0.717) is 66.9 Å². The van der Waals surface area contributed by atoms with Gasteiger partial charge in [0.15, 0.2) is 5.69 Å². The number of aromatic amines is 1. The number of piperidine rings is 1. The van der Waals surface area contributed by atoms with Crippen molar-refractivity contribution < 1.29 is 23.8 Å². The van der Waals surface area contributed by atoms with E-state index >= 15 is 0 Å². The number of nitrogens with zero attached hydrogens (tertiary/aromatic N) is 3. The zero-order valence-electron chi connectivity index (χ0n) is 17.8. The lowest BCUT2D eigenvalue weighted by Gasteiger charge is -2.31. The predicted octanol–water partition coefficient (Wildman–Crippen LogP) is 1.87. The third-order valence-corrected chi connectivity index (χ3v) is 6.06. The van der Waals surface area contributed by atoms with Crippen LogP contribution in [0.15, 0.2) is 18.3 Å².